The van der Waals surface area contributed by atoms with Crippen LogP contribution in [-0.4, -0.2) is 66.5 Å². The lowest BCUT2D eigenvalue weighted by Crippen LogP contribution is -2.50. The van der Waals surface area contributed by atoms with Crippen molar-refractivity contribution in [3.8, 4) is 10.6 Å². The first-order valence-electron chi connectivity index (χ1n) is 9.44. The third-order valence-corrected chi connectivity index (χ3v) is 6.07. The van der Waals surface area contributed by atoms with Crippen LogP contribution in [0.3, 0.4) is 0 Å². The van der Waals surface area contributed by atoms with Gasteiger partial charge in [0.15, 0.2) is 0 Å². The summed E-state index contributed by atoms with van der Waals surface area (Å²) < 4.78 is 0. The number of carbonyl (C=O) groups excluding carboxylic acids is 1. The molecule has 5 nitrogen and oxygen atoms in total. The molecule has 1 saturated heterocycles. The molecule has 1 aliphatic heterocycles. The van der Waals surface area contributed by atoms with E-state index in [9.17, 15) is 4.79 Å². The van der Waals surface area contributed by atoms with Gasteiger partial charge in [-0.1, -0.05) is 30.7 Å². The molecule has 7 heteroatoms. The highest BCUT2D eigenvalue weighted by Crippen LogP contribution is 2.26. The Morgan fingerprint density at radius 2 is 2.11 bits per heavy atom. The largest absolute Gasteiger partial charge is 0.352 e. The van der Waals surface area contributed by atoms with Crippen molar-refractivity contribution in [3.63, 3.8) is 0 Å². The monoisotopic (exact) mass is 406 g/mol. The van der Waals surface area contributed by atoms with Crippen LogP contribution in [0.4, 0.5) is 0 Å². The molecule has 1 amide bonds. The van der Waals surface area contributed by atoms with Crippen molar-refractivity contribution in [1.82, 2.24) is 20.1 Å². The molecular weight excluding hydrogens is 380 g/mol. The fourth-order valence-corrected chi connectivity index (χ4v) is 4.21. The van der Waals surface area contributed by atoms with Crippen LogP contribution in [0, 0.1) is 0 Å². The second kappa shape index (κ2) is 9.64. The minimum atomic E-state index is 0.0407. The van der Waals surface area contributed by atoms with Crippen molar-refractivity contribution in [3.05, 3.63) is 40.4 Å². The van der Waals surface area contributed by atoms with Crippen molar-refractivity contribution in [2.45, 2.75) is 25.8 Å². The summed E-state index contributed by atoms with van der Waals surface area (Å²) >= 11 is 7.60. The van der Waals surface area contributed by atoms with E-state index in [1.165, 1.54) is 0 Å². The summed E-state index contributed by atoms with van der Waals surface area (Å²) in [5.41, 5.74) is 1.79. The van der Waals surface area contributed by atoms with Gasteiger partial charge in [0.2, 0.25) is 5.91 Å². The van der Waals surface area contributed by atoms with Crippen LogP contribution >= 0.6 is 22.9 Å². The Kier molecular flexibility index (Phi) is 7.24. The maximum absolute atomic E-state index is 12.5. The van der Waals surface area contributed by atoms with Gasteiger partial charge >= 0.3 is 0 Å². The summed E-state index contributed by atoms with van der Waals surface area (Å²) in [6, 6.07) is 7.82. The molecule has 0 saturated carbocycles. The van der Waals surface area contributed by atoms with Gasteiger partial charge in [0.1, 0.15) is 5.01 Å². The number of aromatic nitrogens is 1. The quantitative estimate of drug-likeness (QED) is 0.767. The maximum atomic E-state index is 12.5. The Morgan fingerprint density at radius 3 is 2.81 bits per heavy atom. The lowest BCUT2D eigenvalue weighted by Gasteiger charge is -2.34. The molecule has 27 heavy (non-hydrogen) atoms. The average Bonchev–Trinajstić information content (AvgIpc) is 3.11. The Bertz CT molecular complexity index is 758. The lowest BCUT2D eigenvalue weighted by atomic mass is 10.1. The highest BCUT2D eigenvalue weighted by Gasteiger charge is 2.19. The zero-order chi connectivity index (χ0) is 19.2. The number of benzene rings is 1. The van der Waals surface area contributed by atoms with Crippen molar-refractivity contribution in [2.75, 3.05) is 39.8 Å². The molecule has 1 aromatic carbocycles. The van der Waals surface area contributed by atoms with Crippen molar-refractivity contribution in [2.24, 2.45) is 0 Å². The number of halogens is 1. The average molecular weight is 407 g/mol. The van der Waals surface area contributed by atoms with E-state index in [0.29, 0.717) is 11.4 Å². The van der Waals surface area contributed by atoms with E-state index in [1.807, 2.05) is 29.6 Å². The molecular formula is C20H27ClN4OS. The van der Waals surface area contributed by atoms with Crippen LogP contribution in [-0.2, 0) is 11.2 Å². The summed E-state index contributed by atoms with van der Waals surface area (Å²) in [7, 11) is 2.15. The summed E-state index contributed by atoms with van der Waals surface area (Å²) in [6.07, 6.45) is 1.25. The number of amides is 1. The number of carbonyl (C=O) groups is 1. The van der Waals surface area contributed by atoms with E-state index in [0.717, 1.165) is 55.4 Å². The van der Waals surface area contributed by atoms with E-state index in [2.05, 4.69) is 34.1 Å². The zero-order valence-corrected chi connectivity index (χ0v) is 17.5. The first kappa shape index (κ1) is 20.3. The predicted octanol–water partition coefficient (Wildman–Crippen LogP) is 3.15. The van der Waals surface area contributed by atoms with Crippen LogP contribution in [0.2, 0.25) is 5.02 Å². The molecule has 146 valence electrons. The van der Waals surface area contributed by atoms with Gasteiger partial charge in [-0.3, -0.25) is 9.69 Å². The van der Waals surface area contributed by atoms with Crippen molar-refractivity contribution < 1.29 is 4.79 Å². The topological polar surface area (TPSA) is 48.5 Å². The number of piperazine rings is 1. The van der Waals surface area contributed by atoms with Gasteiger partial charge in [-0.15, -0.1) is 11.3 Å². The number of nitrogens with zero attached hydrogens (tertiary/aromatic N) is 3. The second-order valence-corrected chi connectivity index (χ2v) is 8.40. The van der Waals surface area contributed by atoms with Gasteiger partial charge in [0.05, 0.1) is 12.1 Å². The van der Waals surface area contributed by atoms with Crippen LogP contribution in [0.5, 0.6) is 0 Å². The first-order chi connectivity index (χ1) is 13.0. The molecule has 0 aliphatic carbocycles. The van der Waals surface area contributed by atoms with Crippen LogP contribution < -0.4 is 5.32 Å². The maximum Gasteiger partial charge on any atom is 0.226 e. The molecule has 1 atom stereocenters. The van der Waals surface area contributed by atoms with Gasteiger partial charge < -0.3 is 10.2 Å². The van der Waals surface area contributed by atoms with Crippen molar-refractivity contribution >= 4 is 28.8 Å². The SMILES string of the molecule is CCC(CN1CCN(C)CC1)NC(=O)Cc1csc(-c2cccc(Cl)c2)n1. The Labute approximate surface area is 170 Å². The minimum Gasteiger partial charge on any atom is -0.352 e. The zero-order valence-electron chi connectivity index (χ0n) is 15.9. The van der Waals surface area contributed by atoms with Gasteiger partial charge in [-0.05, 0) is 25.6 Å². The smallest absolute Gasteiger partial charge is 0.226 e. The molecule has 0 bridgehead atoms. The van der Waals surface area contributed by atoms with E-state index in [1.54, 1.807) is 11.3 Å². The molecule has 1 aromatic heterocycles. The third kappa shape index (κ3) is 6.01. The Hall–Kier alpha value is -1.47. The predicted molar refractivity (Wildman–Crippen MR) is 112 cm³/mol. The van der Waals surface area contributed by atoms with Gasteiger partial charge in [-0.25, -0.2) is 4.98 Å². The fourth-order valence-electron chi connectivity index (χ4n) is 3.20. The van der Waals surface area contributed by atoms with Crippen LogP contribution in [0.15, 0.2) is 29.6 Å². The summed E-state index contributed by atoms with van der Waals surface area (Å²) in [5.74, 6) is 0.0407. The van der Waals surface area contributed by atoms with Crippen LogP contribution in [0.25, 0.3) is 10.6 Å². The summed E-state index contributed by atoms with van der Waals surface area (Å²) in [4.78, 5) is 21.9. The summed E-state index contributed by atoms with van der Waals surface area (Å²) in [6.45, 7) is 7.36. The highest BCUT2D eigenvalue weighted by atomic mass is 35.5. The number of rotatable bonds is 7. The molecule has 0 radical (unpaired) electrons. The van der Waals surface area contributed by atoms with Crippen molar-refractivity contribution in [1.29, 1.82) is 0 Å². The normalized spacial score (nSPS) is 17.0. The molecule has 0 spiro atoms. The molecule has 1 fully saturated rings. The number of hydrogen-bond acceptors (Lipinski definition) is 5. The molecule has 2 aromatic rings. The van der Waals surface area contributed by atoms with E-state index >= 15 is 0 Å². The van der Waals surface area contributed by atoms with E-state index in [-0.39, 0.29) is 11.9 Å². The summed E-state index contributed by atoms with van der Waals surface area (Å²) in [5, 5.41) is 6.72. The van der Waals surface area contributed by atoms with E-state index in [4.69, 9.17) is 11.6 Å². The van der Waals surface area contributed by atoms with Gasteiger partial charge in [0.25, 0.3) is 0 Å². The van der Waals surface area contributed by atoms with Crippen LogP contribution in [0.1, 0.15) is 19.0 Å². The molecule has 1 unspecified atom stereocenters. The number of hydrogen-bond donors (Lipinski definition) is 1. The standard InChI is InChI=1S/C20H27ClN4OS/c1-3-17(13-25-9-7-24(2)8-10-25)22-19(26)12-18-14-27-20(23-18)15-5-4-6-16(21)11-15/h4-6,11,14,17H,3,7-10,12-13H2,1-2H3,(H,22,26). The first-order valence-corrected chi connectivity index (χ1v) is 10.7. The molecule has 2 heterocycles. The number of nitrogens with one attached hydrogen (secondary N) is 1. The van der Waals surface area contributed by atoms with Gasteiger partial charge in [-0.2, -0.15) is 0 Å². The molecule has 1 N–H and O–H groups in total. The molecule has 3 rings (SSSR count). The third-order valence-electron chi connectivity index (χ3n) is 4.90. The Morgan fingerprint density at radius 1 is 1.33 bits per heavy atom. The van der Waals surface area contributed by atoms with E-state index < -0.39 is 0 Å². The number of thiazole rings is 1. The number of likely N-dealkylation sites (N-methyl/N-ethyl adjacent to an activating group) is 1. The lowest BCUT2D eigenvalue weighted by molar-refractivity contribution is -0.121. The Balaban J connectivity index is 1.52. The second-order valence-electron chi connectivity index (χ2n) is 7.11. The minimum absolute atomic E-state index is 0.0407. The van der Waals surface area contributed by atoms with Gasteiger partial charge in [0, 0.05) is 54.7 Å². The highest BCUT2D eigenvalue weighted by molar-refractivity contribution is 7.13. The fraction of sp³-hybridized carbons (Fsp3) is 0.500. The molecule has 1 aliphatic rings.